The maximum atomic E-state index is 5.19. The average molecular weight is 742 g/mol. The fraction of sp³-hybridized carbons (Fsp3) is 0. The van der Waals surface area contributed by atoms with Crippen LogP contribution in [-0.4, -0.2) is 24.9 Å². The van der Waals surface area contributed by atoms with Gasteiger partial charge in [0.25, 0.3) is 0 Å². The number of nitrogens with zero attached hydrogens (tertiary/aromatic N) is 5. The summed E-state index contributed by atoms with van der Waals surface area (Å²) >= 11 is 0. The van der Waals surface area contributed by atoms with E-state index >= 15 is 0 Å². The lowest BCUT2D eigenvalue weighted by Gasteiger charge is -2.16. The van der Waals surface area contributed by atoms with Crippen LogP contribution in [0.4, 0.5) is 0 Å². The van der Waals surface area contributed by atoms with Gasteiger partial charge in [-0.3, -0.25) is 0 Å². The molecule has 8 aromatic carbocycles. The molecule has 0 fully saturated rings. The molecule has 0 N–H and O–H groups in total. The Labute approximate surface area is 337 Å². The van der Waals surface area contributed by atoms with Crippen LogP contribution in [0.15, 0.2) is 212 Å². The zero-order valence-electron chi connectivity index (χ0n) is 31.4. The standard InChI is InChI=1S/C53H35N5/c1-5-19-37(20-6-1)47-35-48(55-50(54-47)38-21-7-2-8-22-38)45-31-16-15-29-43(45)41-27-17-28-42(34-41)49-44-30-14-13-18-36(44)32-33-46(49)53-57-51(39-23-9-3-10-24-39)56-52(58-53)40-25-11-4-12-26-40/h1-35H. The Hall–Kier alpha value is -7.89. The highest BCUT2D eigenvalue weighted by atomic mass is 15.0. The molecule has 10 aromatic rings. The van der Waals surface area contributed by atoms with Crippen molar-refractivity contribution in [3.63, 3.8) is 0 Å². The van der Waals surface area contributed by atoms with Gasteiger partial charge in [0.1, 0.15) is 0 Å². The SMILES string of the molecule is c1ccc(-c2cc(-c3ccccc3-c3cccc(-c4c(-c5nc(-c6ccccc6)nc(-c6ccccc6)n5)ccc5ccccc45)c3)nc(-c3ccccc3)n2)cc1. The molecule has 0 amide bonds. The lowest BCUT2D eigenvalue weighted by atomic mass is 9.89. The molecule has 0 saturated heterocycles. The highest BCUT2D eigenvalue weighted by Crippen LogP contribution is 2.41. The Bertz CT molecular complexity index is 2930. The van der Waals surface area contributed by atoms with E-state index in [1.807, 2.05) is 97.1 Å². The van der Waals surface area contributed by atoms with E-state index in [9.17, 15) is 0 Å². The number of aromatic nitrogens is 5. The van der Waals surface area contributed by atoms with Crippen LogP contribution in [0, 0.1) is 0 Å². The Morgan fingerprint density at radius 2 is 0.707 bits per heavy atom. The van der Waals surface area contributed by atoms with Gasteiger partial charge in [0, 0.05) is 38.9 Å². The van der Waals surface area contributed by atoms with E-state index in [1.165, 1.54) is 0 Å². The second-order valence-corrected chi connectivity index (χ2v) is 14.1. The molecule has 0 aliphatic carbocycles. The minimum Gasteiger partial charge on any atom is -0.228 e. The number of benzene rings is 8. The summed E-state index contributed by atoms with van der Waals surface area (Å²) in [6, 6.07) is 72.9. The van der Waals surface area contributed by atoms with Crippen LogP contribution in [0.3, 0.4) is 0 Å². The number of rotatable bonds is 8. The smallest absolute Gasteiger partial charge is 0.164 e. The van der Waals surface area contributed by atoms with E-state index in [4.69, 9.17) is 24.9 Å². The van der Waals surface area contributed by atoms with Gasteiger partial charge in [0.15, 0.2) is 23.3 Å². The maximum absolute atomic E-state index is 5.19. The molecule has 0 bridgehead atoms. The Balaban J connectivity index is 1.15. The topological polar surface area (TPSA) is 64.5 Å². The zero-order chi connectivity index (χ0) is 38.7. The summed E-state index contributed by atoms with van der Waals surface area (Å²) in [7, 11) is 0. The van der Waals surface area contributed by atoms with E-state index in [0.29, 0.717) is 23.3 Å². The van der Waals surface area contributed by atoms with Crippen LogP contribution in [0.5, 0.6) is 0 Å². The monoisotopic (exact) mass is 741 g/mol. The molecule has 0 spiro atoms. The van der Waals surface area contributed by atoms with Gasteiger partial charge in [-0.05, 0) is 45.7 Å². The van der Waals surface area contributed by atoms with Gasteiger partial charge in [-0.15, -0.1) is 0 Å². The zero-order valence-corrected chi connectivity index (χ0v) is 31.4. The maximum Gasteiger partial charge on any atom is 0.164 e. The molecular formula is C53H35N5. The molecule has 2 aromatic heterocycles. The third-order valence-corrected chi connectivity index (χ3v) is 10.4. The summed E-state index contributed by atoms with van der Waals surface area (Å²) in [5.74, 6) is 2.55. The van der Waals surface area contributed by atoms with Gasteiger partial charge in [-0.25, -0.2) is 24.9 Å². The van der Waals surface area contributed by atoms with Crippen LogP contribution >= 0.6 is 0 Å². The van der Waals surface area contributed by atoms with Gasteiger partial charge >= 0.3 is 0 Å². The van der Waals surface area contributed by atoms with Crippen LogP contribution in [0.2, 0.25) is 0 Å². The van der Waals surface area contributed by atoms with E-state index in [2.05, 4.69) is 115 Å². The van der Waals surface area contributed by atoms with E-state index in [1.54, 1.807) is 0 Å². The Morgan fingerprint density at radius 1 is 0.241 bits per heavy atom. The molecule has 0 radical (unpaired) electrons. The molecule has 5 nitrogen and oxygen atoms in total. The lowest BCUT2D eigenvalue weighted by molar-refractivity contribution is 1.07. The predicted octanol–water partition coefficient (Wildman–Crippen LogP) is 13.2. The molecule has 0 aliphatic rings. The average Bonchev–Trinajstić information content (AvgIpc) is 3.32. The predicted molar refractivity (Wildman–Crippen MR) is 236 cm³/mol. The molecule has 2 heterocycles. The van der Waals surface area contributed by atoms with Crippen molar-refractivity contribution in [2.75, 3.05) is 0 Å². The van der Waals surface area contributed by atoms with Crippen molar-refractivity contribution in [2.45, 2.75) is 0 Å². The third-order valence-electron chi connectivity index (χ3n) is 10.4. The molecule has 5 heteroatoms. The molecule has 272 valence electrons. The second-order valence-electron chi connectivity index (χ2n) is 14.1. The van der Waals surface area contributed by atoms with Crippen molar-refractivity contribution in [1.82, 2.24) is 24.9 Å². The molecule has 0 atom stereocenters. The van der Waals surface area contributed by atoms with E-state index < -0.39 is 0 Å². The van der Waals surface area contributed by atoms with Crippen LogP contribution in [0.1, 0.15) is 0 Å². The van der Waals surface area contributed by atoms with Gasteiger partial charge in [-0.1, -0.05) is 194 Å². The molecule has 58 heavy (non-hydrogen) atoms. The van der Waals surface area contributed by atoms with Gasteiger partial charge in [0.05, 0.1) is 11.4 Å². The minimum absolute atomic E-state index is 0.613. The molecule has 10 rings (SSSR count). The van der Waals surface area contributed by atoms with Crippen molar-refractivity contribution >= 4 is 10.8 Å². The summed E-state index contributed by atoms with van der Waals surface area (Å²) in [6.45, 7) is 0. The number of hydrogen-bond acceptors (Lipinski definition) is 5. The normalized spacial score (nSPS) is 11.1. The molecular weight excluding hydrogens is 707 g/mol. The Morgan fingerprint density at radius 3 is 1.34 bits per heavy atom. The lowest BCUT2D eigenvalue weighted by Crippen LogP contribution is -2.01. The van der Waals surface area contributed by atoms with Crippen molar-refractivity contribution in [3.8, 4) is 90.3 Å². The number of hydrogen-bond donors (Lipinski definition) is 0. The quantitative estimate of drug-likeness (QED) is 0.155. The first-order chi connectivity index (χ1) is 28.7. The summed E-state index contributed by atoms with van der Waals surface area (Å²) in [5, 5.41) is 2.25. The van der Waals surface area contributed by atoms with Gasteiger partial charge < -0.3 is 0 Å². The van der Waals surface area contributed by atoms with Crippen molar-refractivity contribution in [3.05, 3.63) is 212 Å². The van der Waals surface area contributed by atoms with Crippen molar-refractivity contribution < 1.29 is 0 Å². The van der Waals surface area contributed by atoms with Gasteiger partial charge in [-0.2, -0.15) is 0 Å². The summed E-state index contributed by atoms with van der Waals surface area (Å²) in [5.41, 5.74) is 11.8. The van der Waals surface area contributed by atoms with Crippen LogP contribution < -0.4 is 0 Å². The van der Waals surface area contributed by atoms with Crippen molar-refractivity contribution in [2.24, 2.45) is 0 Å². The molecule has 0 unspecified atom stereocenters. The molecule has 0 aliphatic heterocycles. The summed E-state index contributed by atoms with van der Waals surface area (Å²) < 4.78 is 0. The fourth-order valence-corrected chi connectivity index (χ4v) is 7.56. The first-order valence-corrected chi connectivity index (χ1v) is 19.3. The largest absolute Gasteiger partial charge is 0.228 e. The van der Waals surface area contributed by atoms with Crippen molar-refractivity contribution in [1.29, 1.82) is 0 Å². The molecule has 0 saturated carbocycles. The first kappa shape index (κ1) is 34.6. The van der Waals surface area contributed by atoms with E-state index in [0.717, 1.165) is 77.8 Å². The number of fused-ring (bicyclic) bond motifs is 1. The van der Waals surface area contributed by atoms with Crippen LogP contribution in [-0.2, 0) is 0 Å². The van der Waals surface area contributed by atoms with Gasteiger partial charge in [0.2, 0.25) is 0 Å². The minimum atomic E-state index is 0.613. The highest BCUT2D eigenvalue weighted by Gasteiger charge is 2.20. The van der Waals surface area contributed by atoms with E-state index in [-0.39, 0.29) is 0 Å². The Kier molecular flexibility index (Phi) is 9.14. The highest BCUT2D eigenvalue weighted by molar-refractivity contribution is 6.04. The van der Waals surface area contributed by atoms with Crippen LogP contribution in [0.25, 0.3) is 101 Å². The summed E-state index contributed by atoms with van der Waals surface area (Å²) in [6.07, 6.45) is 0. The third kappa shape index (κ3) is 6.82. The summed E-state index contributed by atoms with van der Waals surface area (Å²) in [4.78, 5) is 25.5. The first-order valence-electron chi connectivity index (χ1n) is 19.3. The fourth-order valence-electron chi connectivity index (χ4n) is 7.56. The second kappa shape index (κ2) is 15.3.